The van der Waals surface area contributed by atoms with Gasteiger partial charge in [-0.05, 0) is 69.3 Å². The molecule has 0 aromatic carbocycles. The fraction of sp³-hybridized carbons (Fsp3) is 0.577. The average Bonchev–Trinajstić information content (AvgIpc) is 3.36. The van der Waals surface area contributed by atoms with Crippen LogP contribution in [0.1, 0.15) is 55.8 Å². The van der Waals surface area contributed by atoms with E-state index in [1.807, 2.05) is 23.0 Å². The van der Waals surface area contributed by atoms with Crippen LogP contribution in [-0.2, 0) is 11.3 Å². The molecule has 9 heteroatoms. The number of nitrogens with zero attached hydrogens (tertiary/aromatic N) is 5. The number of hydrogen-bond donors (Lipinski definition) is 1. The van der Waals surface area contributed by atoms with Gasteiger partial charge in [0.2, 0.25) is 0 Å². The molecule has 0 bridgehead atoms. The zero-order valence-electron chi connectivity index (χ0n) is 20.3. The van der Waals surface area contributed by atoms with Crippen LogP contribution in [0, 0.1) is 5.92 Å². The first-order chi connectivity index (χ1) is 16.8. The summed E-state index contributed by atoms with van der Waals surface area (Å²) < 4.78 is 34.3. The van der Waals surface area contributed by atoms with Crippen LogP contribution in [0.4, 0.5) is 8.78 Å². The molecule has 3 aromatic rings. The first kappa shape index (κ1) is 24.2. The molecular weight excluding hydrogens is 452 g/mol. The smallest absolute Gasteiger partial charge is 0.253 e. The second kappa shape index (κ2) is 9.87. The van der Waals surface area contributed by atoms with Crippen molar-refractivity contribution < 1.29 is 18.6 Å². The standard InChI is InChI=1S/C26H33F2N5O2/c1-32(2)15-17-3-5-18(6-4-17)21-14-31-33-8-7-19(9-22(21)33)20-12-29-25(30-13-20)16-35-24-11-26(27,28)10-23(24)34/h7-9,12-14,17-18,23-24,34H,3-6,10-11,15-16H2,1-2H3/t17?,18?,23-,24-/m1/s1. The predicted octanol–water partition coefficient (Wildman–Crippen LogP) is 4.30. The Labute approximate surface area is 204 Å². The second-order valence-electron chi connectivity index (χ2n) is 10.4. The van der Waals surface area contributed by atoms with Crippen LogP contribution in [-0.4, -0.2) is 68.4 Å². The lowest BCUT2D eigenvalue weighted by Gasteiger charge is -2.30. The van der Waals surface area contributed by atoms with Crippen molar-refractivity contribution in [3.63, 3.8) is 0 Å². The van der Waals surface area contributed by atoms with E-state index in [0.29, 0.717) is 11.7 Å². The Kier molecular flexibility index (Phi) is 6.83. The number of pyridine rings is 1. The summed E-state index contributed by atoms with van der Waals surface area (Å²) >= 11 is 0. The van der Waals surface area contributed by atoms with E-state index in [2.05, 4.69) is 40.1 Å². The molecule has 0 spiro atoms. The van der Waals surface area contributed by atoms with Crippen LogP contribution in [0.3, 0.4) is 0 Å². The van der Waals surface area contributed by atoms with Crippen molar-refractivity contribution in [2.75, 3.05) is 20.6 Å². The Morgan fingerprint density at radius 3 is 2.49 bits per heavy atom. The average molecular weight is 486 g/mol. The molecule has 2 saturated carbocycles. The lowest BCUT2D eigenvalue weighted by atomic mass is 9.79. The van der Waals surface area contributed by atoms with Gasteiger partial charge in [0, 0.05) is 49.1 Å². The molecule has 2 atom stereocenters. The summed E-state index contributed by atoms with van der Waals surface area (Å²) in [6.07, 6.45) is 9.17. The van der Waals surface area contributed by atoms with E-state index in [4.69, 9.17) is 4.74 Å². The first-order valence-electron chi connectivity index (χ1n) is 12.4. The van der Waals surface area contributed by atoms with Gasteiger partial charge >= 0.3 is 0 Å². The molecule has 1 N–H and O–H groups in total. The minimum absolute atomic E-state index is 0.0135. The highest BCUT2D eigenvalue weighted by Gasteiger charge is 2.46. The highest BCUT2D eigenvalue weighted by Crippen LogP contribution is 2.39. The highest BCUT2D eigenvalue weighted by atomic mass is 19.3. The second-order valence-corrected chi connectivity index (χ2v) is 10.4. The highest BCUT2D eigenvalue weighted by molar-refractivity contribution is 5.69. The number of aliphatic hydroxyl groups is 1. The number of halogens is 2. The molecule has 7 nitrogen and oxygen atoms in total. The normalized spacial score (nSPS) is 26.6. The van der Waals surface area contributed by atoms with Crippen molar-refractivity contribution >= 4 is 5.52 Å². The number of rotatable bonds is 7. The maximum atomic E-state index is 13.4. The van der Waals surface area contributed by atoms with Gasteiger partial charge in [-0.1, -0.05) is 0 Å². The maximum absolute atomic E-state index is 13.4. The van der Waals surface area contributed by atoms with Crippen molar-refractivity contribution in [1.82, 2.24) is 24.5 Å². The molecule has 2 fully saturated rings. The lowest BCUT2D eigenvalue weighted by molar-refractivity contribution is -0.0366. The van der Waals surface area contributed by atoms with Crippen molar-refractivity contribution in [2.45, 2.75) is 69.2 Å². The summed E-state index contributed by atoms with van der Waals surface area (Å²) in [7, 11) is 4.28. The minimum Gasteiger partial charge on any atom is -0.390 e. The zero-order valence-corrected chi connectivity index (χ0v) is 20.3. The van der Waals surface area contributed by atoms with E-state index in [1.54, 1.807) is 12.4 Å². The Bertz CT molecular complexity index is 1140. The van der Waals surface area contributed by atoms with Crippen LogP contribution in [0.5, 0.6) is 0 Å². The van der Waals surface area contributed by atoms with Gasteiger partial charge in [0.15, 0.2) is 5.82 Å². The van der Waals surface area contributed by atoms with Gasteiger partial charge in [0.1, 0.15) is 6.61 Å². The van der Waals surface area contributed by atoms with Crippen molar-refractivity contribution in [3.8, 4) is 11.1 Å². The topological polar surface area (TPSA) is 75.8 Å². The quantitative estimate of drug-likeness (QED) is 0.538. The largest absolute Gasteiger partial charge is 0.390 e. The summed E-state index contributed by atoms with van der Waals surface area (Å²) in [5, 5.41) is 14.3. The van der Waals surface area contributed by atoms with Gasteiger partial charge in [0.05, 0.1) is 23.9 Å². The van der Waals surface area contributed by atoms with E-state index in [0.717, 1.165) is 29.1 Å². The van der Waals surface area contributed by atoms with Crippen LogP contribution in [0.25, 0.3) is 16.6 Å². The summed E-state index contributed by atoms with van der Waals surface area (Å²) in [4.78, 5) is 11.0. The summed E-state index contributed by atoms with van der Waals surface area (Å²) in [5.41, 5.74) is 4.28. The van der Waals surface area contributed by atoms with Crippen molar-refractivity contribution in [1.29, 1.82) is 0 Å². The van der Waals surface area contributed by atoms with E-state index >= 15 is 0 Å². The Balaban J connectivity index is 1.26. The third-order valence-corrected chi connectivity index (χ3v) is 7.36. The first-order valence-corrected chi connectivity index (χ1v) is 12.4. The van der Waals surface area contributed by atoms with Crippen LogP contribution < -0.4 is 0 Å². The number of fused-ring (bicyclic) bond motifs is 1. The van der Waals surface area contributed by atoms with Gasteiger partial charge in [-0.2, -0.15) is 5.10 Å². The van der Waals surface area contributed by atoms with Gasteiger partial charge in [-0.15, -0.1) is 0 Å². The molecule has 0 radical (unpaired) electrons. The predicted molar refractivity (Wildman–Crippen MR) is 128 cm³/mol. The SMILES string of the molecule is CN(C)CC1CCC(c2cnn3ccc(-c4cnc(CO[C@@H]5CC(F)(F)C[C@H]5O)nc4)cc23)CC1. The maximum Gasteiger partial charge on any atom is 0.253 e. The minimum atomic E-state index is -2.88. The lowest BCUT2D eigenvalue weighted by Crippen LogP contribution is -2.25. The molecule has 3 heterocycles. The van der Waals surface area contributed by atoms with Gasteiger partial charge in [0.25, 0.3) is 5.92 Å². The molecule has 5 rings (SSSR count). The Hall–Kier alpha value is -2.49. The van der Waals surface area contributed by atoms with Gasteiger partial charge in [-0.25, -0.2) is 23.3 Å². The van der Waals surface area contributed by atoms with E-state index < -0.39 is 31.0 Å². The molecule has 3 aromatic heterocycles. The summed E-state index contributed by atoms with van der Waals surface area (Å²) in [6.45, 7) is 1.14. The Morgan fingerprint density at radius 2 is 1.83 bits per heavy atom. The van der Waals surface area contributed by atoms with E-state index in [9.17, 15) is 13.9 Å². The monoisotopic (exact) mass is 485 g/mol. The Morgan fingerprint density at radius 1 is 1.09 bits per heavy atom. The number of aromatic nitrogens is 4. The molecule has 2 aliphatic carbocycles. The summed E-state index contributed by atoms with van der Waals surface area (Å²) in [6, 6.07) is 4.13. The molecule has 0 saturated heterocycles. The fourth-order valence-corrected chi connectivity index (χ4v) is 5.55. The third kappa shape index (κ3) is 5.52. The number of aliphatic hydroxyl groups excluding tert-OH is 1. The van der Waals surface area contributed by atoms with Crippen molar-refractivity contribution in [2.24, 2.45) is 5.92 Å². The molecule has 0 unspecified atom stereocenters. The van der Waals surface area contributed by atoms with Crippen LogP contribution >= 0.6 is 0 Å². The third-order valence-electron chi connectivity index (χ3n) is 7.36. The van der Waals surface area contributed by atoms with E-state index in [-0.39, 0.29) is 6.61 Å². The van der Waals surface area contributed by atoms with Crippen LogP contribution in [0.15, 0.2) is 36.9 Å². The summed E-state index contributed by atoms with van der Waals surface area (Å²) in [5.74, 6) is -1.19. The zero-order chi connectivity index (χ0) is 24.6. The molecule has 0 aliphatic heterocycles. The van der Waals surface area contributed by atoms with Gasteiger partial charge in [-0.3, -0.25) is 0 Å². The van der Waals surface area contributed by atoms with E-state index in [1.165, 1.54) is 31.2 Å². The number of alkyl halides is 2. The van der Waals surface area contributed by atoms with Gasteiger partial charge < -0.3 is 14.7 Å². The molecule has 35 heavy (non-hydrogen) atoms. The number of hydrogen-bond acceptors (Lipinski definition) is 6. The fourth-order valence-electron chi connectivity index (χ4n) is 5.55. The van der Waals surface area contributed by atoms with Crippen molar-refractivity contribution in [3.05, 3.63) is 48.3 Å². The molecule has 188 valence electrons. The number of ether oxygens (including phenoxy) is 1. The molecular formula is C26H33F2N5O2. The molecule has 2 aliphatic rings. The molecule has 0 amide bonds. The van der Waals surface area contributed by atoms with Crippen LogP contribution in [0.2, 0.25) is 0 Å².